The van der Waals surface area contributed by atoms with Crippen molar-refractivity contribution in [3.05, 3.63) is 63.8 Å². The number of carbonyl (C=O) groups excluding carboxylic acids is 2. The fourth-order valence-electron chi connectivity index (χ4n) is 3.51. The molecule has 0 aliphatic carbocycles. The first-order chi connectivity index (χ1) is 14.7. The van der Waals surface area contributed by atoms with E-state index in [1.54, 1.807) is 18.2 Å². The first-order valence-electron chi connectivity index (χ1n) is 10.1. The number of benzene rings is 2. The molecule has 0 fully saturated rings. The zero-order valence-corrected chi connectivity index (χ0v) is 19.2. The number of methoxy groups -OCH3 is 1. The third-order valence-electron chi connectivity index (χ3n) is 5.01. The minimum Gasteiger partial charge on any atom is -0.495 e. The van der Waals surface area contributed by atoms with Gasteiger partial charge >= 0.3 is 0 Å². The van der Waals surface area contributed by atoms with E-state index in [0.29, 0.717) is 22.0 Å². The van der Waals surface area contributed by atoms with Crippen LogP contribution in [0.25, 0.3) is 5.57 Å². The predicted octanol–water partition coefficient (Wildman–Crippen LogP) is 4.58. The van der Waals surface area contributed by atoms with E-state index in [2.05, 4.69) is 5.32 Å². The van der Waals surface area contributed by atoms with E-state index in [-0.39, 0.29) is 36.8 Å². The van der Waals surface area contributed by atoms with Crippen molar-refractivity contribution in [1.82, 2.24) is 4.90 Å². The molecule has 2 aromatic carbocycles. The van der Waals surface area contributed by atoms with Crippen molar-refractivity contribution in [2.45, 2.75) is 33.8 Å². The Morgan fingerprint density at radius 2 is 1.81 bits per heavy atom. The van der Waals surface area contributed by atoms with E-state index >= 15 is 0 Å². The van der Waals surface area contributed by atoms with Crippen molar-refractivity contribution in [2.24, 2.45) is 0 Å². The molecule has 0 spiro atoms. The highest BCUT2D eigenvalue weighted by Crippen LogP contribution is 2.34. The maximum Gasteiger partial charge on any atom is 0.278 e. The van der Waals surface area contributed by atoms with Gasteiger partial charge in [0.25, 0.3) is 11.8 Å². The van der Waals surface area contributed by atoms with Gasteiger partial charge in [-0.15, -0.1) is 0 Å². The molecule has 0 saturated carbocycles. The van der Waals surface area contributed by atoms with Gasteiger partial charge in [0.1, 0.15) is 11.4 Å². The summed E-state index contributed by atoms with van der Waals surface area (Å²) in [6.07, 6.45) is 0.0126. The molecular weight excluding hydrogens is 416 g/mol. The van der Waals surface area contributed by atoms with Gasteiger partial charge in [0.15, 0.2) is 0 Å². The smallest absolute Gasteiger partial charge is 0.278 e. The Balaban J connectivity index is 2.01. The Morgan fingerprint density at radius 1 is 1.06 bits per heavy atom. The average molecular weight is 443 g/mol. The molecule has 0 unspecified atom stereocenters. The van der Waals surface area contributed by atoms with Crippen LogP contribution in [0.4, 0.5) is 5.69 Å². The normalized spacial score (nSPS) is 14.1. The van der Waals surface area contributed by atoms with Gasteiger partial charge in [0, 0.05) is 5.69 Å². The maximum atomic E-state index is 13.3. The Labute approximate surface area is 187 Å². The summed E-state index contributed by atoms with van der Waals surface area (Å²) in [5.74, 6) is -0.206. The van der Waals surface area contributed by atoms with Gasteiger partial charge in [-0.3, -0.25) is 14.5 Å². The van der Waals surface area contributed by atoms with Gasteiger partial charge in [-0.2, -0.15) is 0 Å². The lowest BCUT2D eigenvalue weighted by Crippen LogP contribution is -2.35. The summed E-state index contributed by atoms with van der Waals surface area (Å²) in [6, 6.07) is 10.9. The van der Waals surface area contributed by atoms with Crippen LogP contribution in [0.2, 0.25) is 5.02 Å². The molecule has 0 atom stereocenters. The third kappa shape index (κ3) is 4.92. The standard InChI is InChI=1S/C24H27ClN2O4/c1-14(2)31-11-10-27-23(28)21(18-8-6-15(3)12-16(18)4)22(24(27)29)26-17-7-9-20(30-5)19(25)13-17/h6-9,12-14,26H,10-11H2,1-5H3. The highest BCUT2D eigenvalue weighted by molar-refractivity contribution is 6.37. The van der Waals surface area contributed by atoms with E-state index in [4.69, 9.17) is 21.1 Å². The Morgan fingerprint density at radius 3 is 2.42 bits per heavy atom. The number of halogens is 1. The molecular formula is C24H27ClN2O4. The number of imide groups is 1. The van der Waals surface area contributed by atoms with E-state index in [1.165, 1.54) is 12.0 Å². The molecule has 7 heteroatoms. The number of nitrogens with zero attached hydrogens (tertiary/aromatic N) is 1. The molecule has 0 radical (unpaired) electrons. The SMILES string of the molecule is COc1ccc(NC2=C(c3ccc(C)cc3C)C(=O)N(CCOC(C)C)C2=O)cc1Cl. The summed E-state index contributed by atoms with van der Waals surface area (Å²) in [7, 11) is 1.53. The molecule has 31 heavy (non-hydrogen) atoms. The molecule has 164 valence electrons. The van der Waals surface area contributed by atoms with Crippen LogP contribution in [0.15, 0.2) is 42.1 Å². The minimum atomic E-state index is -0.390. The summed E-state index contributed by atoms with van der Waals surface area (Å²) >= 11 is 6.24. The molecule has 1 aliphatic rings. The maximum absolute atomic E-state index is 13.3. The van der Waals surface area contributed by atoms with Crippen molar-refractivity contribution in [3.63, 3.8) is 0 Å². The predicted molar refractivity (Wildman–Crippen MR) is 122 cm³/mol. The number of rotatable bonds is 8. The molecule has 3 rings (SSSR count). The Bertz CT molecular complexity index is 1050. The van der Waals surface area contributed by atoms with Crippen molar-refractivity contribution in [3.8, 4) is 5.75 Å². The number of hydrogen-bond acceptors (Lipinski definition) is 5. The van der Waals surface area contributed by atoms with Crippen LogP contribution in [-0.4, -0.2) is 43.1 Å². The van der Waals surface area contributed by atoms with Crippen LogP contribution in [0, 0.1) is 13.8 Å². The summed E-state index contributed by atoms with van der Waals surface area (Å²) < 4.78 is 10.8. The summed E-state index contributed by atoms with van der Waals surface area (Å²) in [6.45, 7) is 8.19. The molecule has 0 bridgehead atoms. The van der Waals surface area contributed by atoms with Crippen LogP contribution in [0.1, 0.15) is 30.5 Å². The lowest BCUT2D eigenvalue weighted by atomic mass is 9.97. The fourth-order valence-corrected chi connectivity index (χ4v) is 3.76. The largest absolute Gasteiger partial charge is 0.495 e. The molecule has 2 amide bonds. The van der Waals surface area contributed by atoms with Crippen molar-refractivity contribution < 1.29 is 19.1 Å². The summed E-state index contributed by atoms with van der Waals surface area (Å²) in [5.41, 5.74) is 3.88. The molecule has 0 saturated heterocycles. The third-order valence-corrected chi connectivity index (χ3v) is 5.30. The van der Waals surface area contributed by atoms with Gasteiger partial charge < -0.3 is 14.8 Å². The van der Waals surface area contributed by atoms with E-state index in [9.17, 15) is 9.59 Å². The number of ether oxygens (including phenoxy) is 2. The van der Waals surface area contributed by atoms with Gasteiger partial charge in [0.2, 0.25) is 0 Å². The van der Waals surface area contributed by atoms with Gasteiger partial charge in [-0.05, 0) is 57.0 Å². The first kappa shape index (κ1) is 22.8. The summed E-state index contributed by atoms with van der Waals surface area (Å²) in [4.78, 5) is 27.8. The number of hydrogen-bond donors (Lipinski definition) is 1. The molecule has 6 nitrogen and oxygen atoms in total. The van der Waals surface area contributed by atoms with Gasteiger partial charge in [0.05, 0.1) is 37.0 Å². The monoisotopic (exact) mass is 442 g/mol. The summed E-state index contributed by atoms with van der Waals surface area (Å²) in [5, 5.41) is 3.52. The quantitative estimate of drug-likeness (QED) is 0.606. The molecule has 1 N–H and O–H groups in total. The van der Waals surface area contributed by atoms with Crippen LogP contribution < -0.4 is 10.1 Å². The second-order valence-corrected chi connectivity index (χ2v) is 8.13. The van der Waals surface area contributed by atoms with Crippen LogP contribution in [0.5, 0.6) is 5.75 Å². The Hall–Kier alpha value is -2.83. The molecule has 2 aromatic rings. The molecule has 1 aliphatic heterocycles. The molecule has 0 aromatic heterocycles. The van der Waals surface area contributed by atoms with E-state index < -0.39 is 0 Å². The van der Waals surface area contributed by atoms with Crippen LogP contribution >= 0.6 is 11.6 Å². The van der Waals surface area contributed by atoms with Crippen molar-refractivity contribution in [2.75, 3.05) is 25.6 Å². The first-order valence-corrected chi connectivity index (χ1v) is 10.5. The number of carbonyl (C=O) groups is 2. The second-order valence-electron chi connectivity index (χ2n) is 7.72. The minimum absolute atomic E-state index is 0.0126. The van der Waals surface area contributed by atoms with Crippen LogP contribution in [0.3, 0.4) is 0 Å². The number of aryl methyl sites for hydroxylation is 2. The van der Waals surface area contributed by atoms with Crippen LogP contribution in [-0.2, 0) is 14.3 Å². The lowest BCUT2D eigenvalue weighted by Gasteiger charge is -2.16. The second kappa shape index (κ2) is 9.54. The highest BCUT2D eigenvalue weighted by atomic mass is 35.5. The van der Waals surface area contributed by atoms with E-state index in [1.807, 2.05) is 45.9 Å². The number of amides is 2. The zero-order valence-electron chi connectivity index (χ0n) is 18.4. The molecule has 1 heterocycles. The van der Waals surface area contributed by atoms with Gasteiger partial charge in [-0.1, -0.05) is 35.4 Å². The van der Waals surface area contributed by atoms with E-state index in [0.717, 1.165) is 16.7 Å². The van der Waals surface area contributed by atoms with Crippen molar-refractivity contribution in [1.29, 1.82) is 0 Å². The lowest BCUT2D eigenvalue weighted by molar-refractivity contribution is -0.137. The number of nitrogens with one attached hydrogen (secondary N) is 1. The topological polar surface area (TPSA) is 67.9 Å². The average Bonchev–Trinajstić information content (AvgIpc) is 2.92. The van der Waals surface area contributed by atoms with Crippen molar-refractivity contribution >= 4 is 34.7 Å². The van der Waals surface area contributed by atoms with Gasteiger partial charge in [-0.25, -0.2) is 0 Å². The highest BCUT2D eigenvalue weighted by Gasteiger charge is 2.39. The number of anilines is 1. The Kier molecular flexibility index (Phi) is 7.03. The fraction of sp³-hybridized carbons (Fsp3) is 0.333. The zero-order chi connectivity index (χ0) is 22.7.